The fraction of sp³-hybridized carbons (Fsp3) is 0.118. The summed E-state index contributed by atoms with van der Waals surface area (Å²) in [7, 11) is 0. The molecule has 24 heavy (non-hydrogen) atoms. The van der Waals surface area contributed by atoms with Gasteiger partial charge < -0.3 is 10.1 Å². The number of carbonyl (C=O) groups is 1. The van der Waals surface area contributed by atoms with Crippen LogP contribution in [0.5, 0.6) is 5.75 Å². The summed E-state index contributed by atoms with van der Waals surface area (Å²) in [4.78, 5) is 20.7. The van der Waals surface area contributed by atoms with Crippen LogP contribution in [-0.2, 0) is 0 Å². The molecule has 1 heterocycles. The number of alkyl halides is 2. The number of hydrogen-bond donors (Lipinski definition) is 1. The summed E-state index contributed by atoms with van der Waals surface area (Å²) in [5.74, 6) is -0.283. The minimum atomic E-state index is -2.89. The summed E-state index contributed by atoms with van der Waals surface area (Å²) < 4.78 is 28.7. The number of aromatic nitrogens is 2. The van der Waals surface area contributed by atoms with Gasteiger partial charge in [-0.05, 0) is 48.9 Å². The first-order valence-electron chi connectivity index (χ1n) is 7.10. The first kappa shape index (κ1) is 15.8. The number of rotatable bonds is 4. The molecule has 0 saturated heterocycles. The fourth-order valence-electron chi connectivity index (χ4n) is 2.25. The third-order valence-corrected chi connectivity index (χ3v) is 3.40. The number of halogens is 2. The molecular weight excluding hydrogens is 316 g/mol. The summed E-state index contributed by atoms with van der Waals surface area (Å²) in [5, 5.41) is 2.74. The smallest absolute Gasteiger partial charge is 0.387 e. The second-order valence-electron chi connectivity index (χ2n) is 5.07. The van der Waals surface area contributed by atoms with Gasteiger partial charge in [-0.3, -0.25) is 14.8 Å². The Morgan fingerprint density at radius 2 is 1.83 bits per heavy atom. The Labute approximate surface area is 136 Å². The van der Waals surface area contributed by atoms with Crippen LogP contribution in [0.4, 0.5) is 14.5 Å². The van der Waals surface area contributed by atoms with E-state index >= 15 is 0 Å². The fourth-order valence-corrected chi connectivity index (χ4v) is 2.25. The molecule has 0 saturated carbocycles. The largest absolute Gasteiger partial charge is 0.435 e. The lowest BCUT2D eigenvalue weighted by Gasteiger charge is -2.11. The second-order valence-corrected chi connectivity index (χ2v) is 5.07. The monoisotopic (exact) mass is 329 g/mol. The molecule has 3 aromatic rings. The van der Waals surface area contributed by atoms with E-state index in [0.717, 1.165) is 0 Å². The van der Waals surface area contributed by atoms with E-state index < -0.39 is 6.61 Å². The minimum Gasteiger partial charge on any atom is -0.435 e. The van der Waals surface area contributed by atoms with Crippen LogP contribution in [0.3, 0.4) is 0 Å². The highest BCUT2D eigenvalue weighted by atomic mass is 19.3. The van der Waals surface area contributed by atoms with Gasteiger partial charge in [-0.1, -0.05) is 0 Å². The Bertz CT molecular complexity index is 900. The van der Waals surface area contributed by atoms with Crippen molar-refractivity contribution in [3.8, 4) is 5.75 Å². The molecule has 7 heteroatoms. The number of hydrogen-bond acceptors (Lipinski definition) is 4. The number of ether oxygens (including phenoxy) is 1. The van der Waals surface area contributed by atoms with Gasteiger partial charge in [0.2, 0.25) is 0 Å². The van der Waals surface area contributed by atoms with E-state index in [1.54, 1.807) is 37.5 Å². The molecule has 3 rings (SSSR count). The first-order chi connectivity index (χ1) is 11.5. The molecular formula is C17H13F2N3O2. The van der Waals surface area contributed by atoms with Crippen molar-refractivity contribution in [2.24, 2.45) is 0 Å². The summed E-state index contributed by atoms with van der Waals surface area (Å²) in [6.45, 7) is -1.19. The standard InChI is InChI=1S/C17H13F2N3O2/c1-10-8-12(24-17(18)19)3-5-13(10)22-16(23)11-2-4-14-15(9-11)21-7-6-20-14/h2-9,17H,1H3,(H,22,23). The number of benzene rings is 2. The van der Waals surface area contributed by atoms with Gasteiger partial charge in [0.05, 0.1) is 11.0 Å². The SMILES string of the molecule is Cc1cc(OC(F)F)ccc1NC(=O)c1ccc2nccnc2c1. The molecule has 0 aliphatic heterocycles. The molecule has 0 unspecified atom stereocenters. The Morgan fingerprint density at radius 1 is 1.08 bits per heavy atom. The van der Waals surface area contributed by atoms with Gasteiger partial charge in [-0.15, -0.1) is 0 Å². The number of amides is 1. The lowest BCUT2D eigenvalue weighted by molar-refractivity contribution is -0.0498. The average Bonchev–Trinajstić information content (AvgIpc) is 2.56. The molecule has 5 nitrogen and oxygen atoms in total. The van der Waals surface area contributed by atoms with E-state index in [9.17, 15) is 13.6 Å². The van der Waals surface area contributed by atoms with Crippen LogP contribution in [0, 0.1) is 6.92 Å². The van der Waals surface area contributed by atoms with Crippen molar-refractivity contribution >= 4 is 22.6 Å². The molecule has 1 N–H and O–H groups in total. The highest BCUT2D eigenvalue weighted by Gasteiger charge is 2.11. The number of fused-ring (bicyclic) bond motifs is 1. The zero-order valence-corrected chi connectivity index (χ0v) is 12.7. The van der Waals surface area contributed by atoms with Crippen LogP contribution in [0.1, 0.15) is 15.9 Å². The van der Waals surface area contributed by atoms with Crippen LogP contribution in [0.15, 0.2) is 48.8 Å². The Balaban J connectivity index is 1.80. The van der Waals surface area contributed by atoms with Crippen molar-refractivity contribution in [3.63, 3.8) is 0 Å². The van der Waals surface area contributed by atoms with E-state index in [4.69, 9.17) is 0 Å². The molecule has 122 valence electrons. The Hall–Kier alpha value is -3.09. The van der Waals surface area contributed by atoms with Crippen molar-refractivity contribution in [3.05, 3.63) is 59.9 Å². The van der Waals surface area contributed by atoms with Crippen molar-refractivity contribution < 1.29 is 18.3 Å². The number of carbonyl (C=O) groups excluding carboxylic acids is 1. The van der Waals surface area contributed by atoms with E-state index in [-0.39, 0.29) is 11.7 Å². The molecule has 0 aliphatic rings. The van der Waals surface area contributed by atoms with Crippen LogP contribution in [0.2, 0.25) is 0 Å². The predicted octanol–water partition coefficient (Wildman–Crippen LogP) is 3.79. The lowest BCUT2D eigenvalue weighted by Crippen LogP contribution is -2.13. The molecule has 0 fully saturated rings. The zero-order valence-electron chi connectivity index (χ0n) is 12.7. The molecule has 0 spiro atoms. The summed E-state index contributed by atoms with van der Waals surface area (Å²) in [5.41, 5.74) is 2.86. The Morgan fingerprint density at radius 3 is 2.54 bits per heavy atom. The second kappa shape index (κ2) is 6.57. The quantitative estimate of drug-likeness (QED) is 0.791. The average molecular weight is 329 g/mol. The molecule has 0 atom stereocenters. The molecule has 0 bridgehead atoms. The maximum atomic E-state index is 12.4. The number of anilines is 1. The van der Waals surface area contributed by atoms with Gasteiger partial charge >= 0.3 is 6.61 Å². The summed E-state index contributed by atoms with van der Waals surface area (Å²) >= 11 is 0. The van der Waals surface area contributed by atoms with Crippen LogP contribution >= 0.6 is 0 Å². The highest BCUT2D eigenvalue weighted by Crippen LogP contribution is 2.23. The number of nitrogens with one attached hydrogen (secondary N) is 1. The van der Waals surface area contributed by atoms with Crippen molar-refractivity contribution in [1.82, 2.24) is 9.97 Å². The van der Waals surface area contributed by atoms with E-state index in [1.807, 2.05) is 0 Å². The third kappa shape index (κ3) is 3.45. The first-order valence-corrected chi connectivity index (χ1v) is 7.10. The van der Waals surface area contributed by atoms with Gasteiger partial charge in [0.25, 0.3) is 5.91 Å². The van der Waals surface area contributed by atoms with Gasteiger partial charge in [0, 0.05) is 23.6 Å². The number of aryl methyl sites for hydroxylation is 1. The molecule has 1 amide bonds. The maximum Gasteiger partial charge on any atom is 0.387 e. The van der Waals surface area contributed by atoms with Gasteiger partial charge in [-0.2, -0.15) is 8.78 Å². The van der Waals surface area contributed by atoms with E-state index in [2.05, 4.69) is 20.0 Å². The van der Waals surface area contributed by atoms with Crippen molar-refractivity contribution in [1.29, 1.82) is 0 Å². The molecule has 0 aliphatic carbocycles. The van der Waals surface area contributed by atoms with Gasteiger partial charge in [0.15, 0.2) is 0 Å². The minimum absolute atomic E-state index is 0.0430. The topological polar surface area (TPSA) is 64.1 Å². The molecule has 0 radical (unpaired) electrons. The van der Waals surface area contributed by atoms with Crippen LogP contribution < -0.4 is 10.1 Å². The van der Waals surface area contributed by atoms with E-state index in [0.29, 0.717) is 27.8 Å². The maximum absolute atomic E-state index is 12.4. The van der Waals surface area contributed by atoms with Gasteiger partial charge in [-0.25, -0.2) is 0 Å². The molecule has 2 aromatic carbocycles. The third-order valence-electron chi connectivity index (χ3n) is 3.40. The Kier molecular flexibility index (Phi) is 4.33. The summed E-state index contributed by atoms with van der Waals surface area (Å²) in [6, 6.07) is 9.33. The zero-order chi connectivity index (χ0) is 17.1. The van der Waals surface area contributed by atoms with Crippen molar-refractivity contribution in [2.75, 3.05) is 5.32 Å². The number of nitrogens with zero attached hydrogens (tertiary/aromatic N) is 2. The highest BCUT2D eigenvalue weighted by molar-refractivity contribution is 6.06. The lowest BCUT2D eigenvalue weighted by atomic mass is 10.1. The predicted molar refractivity (Wildman–Crippen MR) is 85.3 cm³/mol. The van der Waals surface area contributed by atoms with Gasteiger partial charge in [0.1, 0.15) is 5.75 Å². The van der Waals surface area contributed by atoms with Crippen LogP contribution in [-0.4, -0.2) is 22.5 Å². The molecule has 1 aromatic heterocycles. The summed E-state index contributed by atoms with van der Waals surface area (Å²) in [6.07, 6.45) is 3.13. The normalized spacial score (nSPS) is 10.8. The van der Waals surface area contributed by atoms with Crippen molar-refractivity contribution in [2.45, 2.75) is 13.5 Å². The van der Waals surface area contributed by atoms with E-state index in [1.165, 1.54) is 18.2 Å². The van der Waals surface area contributed by atoms with Crippen LogP contribution in [0.25, 0.3) is 11.0 Å².